The van der Waals surface area contributed by atoms with E-state index in [9.17, 15) is 29.1 Å². The minimum Gasteiger partial charge on any atom is -0.480 e. The summed E-state index contributed by atoms with van der Waals surface area (Å²) in [6, 6.07) is -2.45. The molecule has 0 aliphatic heterocycles. The number of aliphatic hydroxyl groups excluding tert-OH is 1. The highest BCUT2D eigenvalue weighted by molar-refractivity contribution is 8.00. The summed E-state index contributed by atoms with van der Waals surface area (Å²) < 4.78 is 1.46. The summed E-state index contributed by atoms with van der Waals surface area (Å²) in [7, 11) is 0. The third-order valence-electron chi connectivity index (χ3n) is 4.67. The number of carbonyl (C=O) groups is 4. The number of H-pyrrole nitrogens is 1. The monoisotopic (exact) mass is 514 g/mol. The zero-order valence-corrected chi connectivity index (χ0v) is 19.2. The van der Waals surface area contributed by atoms with Gasteiger partial charge in [-0.15, -0.1) is 0 Å². The number of rotatable bonds is 14. The first kappa shape index (κ1) is 27.5. The maximum Gasteiger partial charge on any atom is 0.322 e. The number of aromatic amines is 1. The molecule has 0 saturated carbocycles. The number of nitrogens with zero attached hydrogens (tertiary/aromatic N) is 3. The summed E-state index contributed by atoms with van der Waals surface area (Å²) >= 11 is 1.08. The van der Waals surface area contributed by atoms with Crippen LogP contribution in [-0.4, -0.2) is 94.8 Å². The predicted octanol–water partition coefficient (Wildman–Crippen LogP) is -3.33. The van der Waals surface area contributed by atoms with Crippen molar-refractivity contribution in [3.8, 4) is 0 Å². The first-order chi connectivity index (χ1) is 16.5. The molecule has 2 aromatic rings. The predicted molar refractivity (Wildman–Crippen MR) is 123 cm³/mol. The molecule has 0 aromatic carbocycles. The second kappa shape index (κ2) is 12.7. The smallest absolute Gasteiger partial charge is 0.322 e. The van der Waals surface area contributed by atoms with Crippen molar-refractivity contribution >= 4 is 52.6 Å². The van der Waals surface area contributed by atoms with E-state index in [1.54, 1.807) is 0 Å². The van der Waals surface area contributed by atoms with Crippen LogP contribution in [0.25, 0.3) is 11.2 Å². The number of nitrogen functional groups attached to an aromatic ring is 1. The number of amides is 2. The Balaban J connectivity index is 2.07. The zero-order chi connectivity index (χ0) is 26.1. The number of nitrogens with one attached hydrogen (secondary N) is 3. The van der Waals surface area contributed by atoms with Crippen molar-refractivity contribution in [3.05, 3.63) is 16.7 Å². The van der Waals surface area contributed by atoms with Crippen molar-refractivity contribution in [1.29, 1.82) is 0 Å². The SMILES string of the molecule is Nc1nc2ncn(CC(CO)SC[C@H](NC(=O)CC[C@H](N)C(=O)O)C(=O)NCC(=O)O)c2c(=O)[nH]1. The Hall–Kier alpha value is -3.70. The van der Waals surface area contributed by atoms with Gasteiger partial charge in [-0.05, 0) is 6.42 Å². The summed E-state index contributed by atoms with van der Waals surface area (Å²) in [6.45, 7) is -0.949. The second-order valence-electron chi connectivity index (χ2n) is 7.37. The minimum atomic E-state index is -1.29. The van der Waals surface area contributed by atoms with Crippen molar-refractivity contribution in [3.63, 3.8) is 0 Å². The highest BCUT2D eigenvalue weighted by Gasteiger charge is 2.24. The number of aromatic nitrogens is 4. The van der Waals surface area contributed by atoms with Gasteiger partial charge in [0, 0.05) is 24.0 Å². The van der Waals surface area contributed by atoms with E-state index in [4.69, 9.17) is 21.7 Å². The van der Waals surface area contributed by atoms with Gasteiger partial charge in [-0.2, -0.15) is 16.7 Å². The Labute approximate surface area is 201 Å². The lowest BCUT2D eigenvalue weighted by Crippen LogP contribution is -2.50. The number of fused-ring (bicyclic) bond motifs is 1. The van der Waals surface area contributed by atoms with Crippen LogP contribution in [0.4, 0.5) is 5.95 Å². The maximum atomic E-state index is 12.4. The quantitative estimate of drug-likeness (QED) is 0.123. The Bertz CT molecular complexity index is 1140. The van der Waals surface area contributed by atoms with Crippen LogP contribution in [0.3, 0.4) is 0 Å². The first-order valence-corrected chi connectivity index (χ1v) is 11.3. The molecule has 0 bridgehead atoms. The largest absolute Gasteiger partial charge is 0.480 e. The number of anilines is 1. The average Bonchev–Trinajstić information content (AvgIpc) is 3.19. The highest BCUT2D eigenvalue weighted by Crippen LogP contribution is 2.17. The molecular formula is C18H26N8O8S. The zero-order valence-electron chi connectivity index (χ0n) is 18.3. The number of hydrogen-bond donors (Lipinski definition) is 8. The number of aliphatic carboxylic acids is 2. The Morgan fingerprint density at radius 1 is 1.26 bits per heavy atom. The molecule has 0 aliphatic rings. The van der Waals surface area contributed by atoms with E-state index < -0.39 is 53.2 Å². The van der Waals surface area contributed by atoms with Gasteiger partial charge in [0.25, 0.3) is 5.56 Å². The fraction of sp³-hybridized carbons (Fsp3) is 0.500. The van der Waals surface area contributed by atoms with E-state index in [0.717, 1.165) is 11.8 Å². The summed E-state index contributed by atoms with van der Waals surface area (Å²) in [6.07, 6.45) is 0.905. The van der Waals surface area contributed by atoms with E-state index in [0.29, 0.717) is 0 Å². The average molecular weight is 515 g/mol. The third-order valence-corrected chi connectivity index (χ3v) is 5.96. The maximum absolute atomic E-state index is 12.4. The molecule has 2 aromatic heterocycles. The van der Waals surface area contributed by atoms with Crippen molar-refractivity contribution in [1.82, 2.24) is 30.2 Å². The van der Waals surface area contributed by atoms with E-state index >= 15 is 0 Å². The van der Waals surface area contributed by atoms with Gasteiger partial charge < -0.3 is 42.0 Å². The van der Waals surface area contributed by atoms with Crippen LogP contribution in [0, 0.1) is 0 Å². The molecule has 0 spiro atoms. The van der Waals surface area contributed by atoms with Crippen molar-refractivity contribution < 1.29 is 34.5 Å². The van der Waals surface area contributed by atoms with Gasteiger partial charge in [-0.1, -0.05) is 0 Å². The normalized spacial score (nSPS) is 13.7. The molecule has 3 atom stereocenters. The van der Waals surface area contributed by atoms with Gasteiger partial charge >= 0.3 is 11.9 Å². The molecule has 10 N–H and O–H groups in total. The molecule has 35 heavy (non-hydrogen) atoms. The molecule has 0 aliphatic carbocycles. The van der Waals surface area contributed by atoms with Crippen LogP contribution in [0.5, 0.6) is 0 Å². The van der Waals surface area contributed by atoms with Crippen molar-refractivity contribution in [2.24, 2.45) is 5.73 Å². The molecular weight excluding hydrogens is 488 g/mol. The number of imidazole rings is 1. The van der Waals surface area contributed by atoms with Crippen LogP contribution in [0.2, 0.25) is 0 Å². The van der Waals surface area contributed by atoms with Gasteiger partial charge in [0.15, 0.2) is 11.2 Å². The molecule has 2 heterocycles. The van der Waals surface area contributed by atoms with E-state index in [-0.39, 0.29) is 48.9 Å². The Morgan fingerprint density at radius 3 is 2.60 bits per heavy atom. The van der Waals surface area contributed by atoms with Gasteiger partial charge in [0.2, 0.25) is 17.8 Å². The first-order valence-electron chi connectivity index (χ1n) is 10.2. The molecule has 0 radical (unpaired) electrons. The molecule has 16 nitrogen and oxygen atoms in total. The molecule has 0 saturated heterocycles. The van der Waals surface area contributed by atoms with Gasteiger partial charge in [0.1, 0.15) is 18.6 Å². The Morgan fingerprint density at radius 2 is 1.97 bits per heavy atom. The second-order valence-corrected chi connectivity index (χ2v) is 8.71. The van der Waals surface area contributed by atoms with E-state index in [2.05, 4.69) is 25.6 Å². The van der Waals surface area contributed by atoms with E-state index in [1.165, 1.54) is 10.9 Å². The standard InChI is InChI=1S/C18H26N8O8S/c19-9(17(33)34)1-2-11(28)23-10(15(31)21-3-12(29)30)6-35-8(5-27)4-26-7-22-14-13(26)16(32)25-18(20)24-14/h7-10,27H,1-6,19H2,(H,21,31)(H,23,28)(H,29,30)(H,33,34)(H3,20,24,25,32)/t8?,9-,10-/m0/s1. The summed E-state index contributed by atoms with van der Waals surface area (Å²) in [5, 5.41) is 31.4. The van der Waals surface area contributed by atoms with Gasteiger partial charge in [-0.25, -0.2) is 4.98 Å². The highest BCUT2D eigenvalue weighted by atomic mass is 32.2. The molecule has 192 valence electrons. The molecule has 1 unspecified atom stereocenters. The lowest BCUT2D eigenvalue weighted by atomic mass is 10.1. The van der Waals surface area contributed by atoms with Crippen LogP contribution < -0.4 is 27.7 Å². The van der Waals surface area contributed by atoms with Gasteiger partial charge in [-0.3, -0.25) is 29.0 Å². The third kappa shape index (κ3) is 8.23. The molecule has 0 fully saturated rings. The lowest BCUT2D eigenvalue weighted by molar-refractivity contribution is -0.139. The number of nitrogens with two attached hydrogens (primary N) is 2. The number of carboxylic acid groups (broad SMARTS) is 2. The summed E-state index contributed by atoms with van der Waals surface area (Å²) in [5.41, 5.74) is 10.6. The van der Waals surface area contributed by atoms with E-state index in [1.807, 2.05) is 0 Å². The minimum absolute atomic E-state index is 0.0679. The lowest BCUT2D eigenvalue weighted by Gasteiger charge is -2.21. The fourth-order valence-corrected chi connectivity index (χ4v) is 3.97. The number of carboxylic acids is 2. The Kier molecular flexibility index (Phi) is 9.98. The van der Waals surface area contributed by atoms with Crippen molar-refractivity contribution in [2.45, 2.75) is 36.7 Å². The van der Waals surface area contributed by atoms with Crippen LogP contribution in [0.1, 0.15) is 12.8 Å². The van der Waals surface area contributed by atoms with Crippen LogP contribution >= 0.6 is 11.8 Å². The van der Waals surface area contributed by atoms with Gasteiger partial charge in [0.05, 0.1) is 12.9 Å². The number of carbonyl (C=O) groups excluding carboxylic acids is 2. The molecule has 2 rings (SSSR count). The summed E-state index contributed by atoms with van der Waals surface area (Å²) in [5.74, 6) is -4.18. The van der Waals surface area contributed by atoms with Crippen LogP contribution in [-0.2, 0) is 25.7 Å². The molecule has 17 heteroatoms. The van der Waals surface area contributed by atoms with Crippen molar-refractivity contribution in [2.75, 3.05) is 24.6 Å². The summed E-state index contributed by atoms with van der Waals surface area (Å²) in [4.78, 5) is 68.7. The topological polar surface area (TPSA) is 269 Å². The van der Waals surface area contributed by atoms with Crippen LogP contribution in [0.15, 0.2) is 11.1 Å². The number of thioether (sulfide) groups is 1. The number of aliphatic hydroxyl groups is 1. The number of hydrogen-bond acceptors (Lipinski definition) is 11. The fourth-order valence-electron chi connectivity index (χ4n) is 2.90. The molecule has 2 amide bonds.